The van der Waals surface area contributed by atoms with Crippen molar-refractivity contribution in [2.24, 2.45) is 0 Å². The van der Waals surface area contributed by atoms with Gasteiger partial charge in [-0.15, -0.1) is 0 Å². The van der Waals surface area contributed by atoms with Gasteiger partial charge in [-0.3, -0.25) is 0 Å². The number of halogens is 1. The molecule has 112 valence electrons. The number of aliphatic hydroxyl groups is 1. The largest absolute Gasteiger partial charge is 0.392 e. The van der Waals surface area contributed by atoms with Crippen molar-refractivity contribution in [1.29, 1.82) is 0 Å². The van der Waals surface area contributed by atoms with Crippen LogP contribution in [0.5, 0.6) is 0 Å². The molecule has 7 heteroatoms. The number of hydrogen-bond acceptors (Lipinski definition) is 4. The summed E-state index contributed by atoms with van der Waals surface area (Å²) < 4.78 is 26.9. The molecular formula is C13H18ClNO3S2. The molecule has 1 unspecified atom stereocenters. The van der Waals surface area contributed by atoms with E-state index >= 15 is 0 Å². The Morgan fingerprint density at radius 3 is 2.90 bits per heavy atom. The zero-order chi connectivity index (χ0) is 14.8. The van der Waals surface area contributed by atoms with Crippen LogP contribution in [-0.2, 0) is 16.6 Å². The van der Waals surface area contributed by atoms with Crippen LogP contribution in [0.1, 0.15) is 18.9 Å². The summed E-state index contributed by atoms with van der Waals surface area (Å²) >= 11 is 7.85. The first kappa shape index (κ1) is 16.1. The fraction of sp³-hybridized carbons (Fsp3) is 0.538. The molecule has 0 spiro atoms. The van der Waals surface area contributed by atoms with Gasteiger partial charge in [-0.25, -0.2) is 8.42 Å². The Morgan fingerprint density at radius 1 is 1.50 bits per heavy atom. The lowest BCUT2D eigenvalue weighted by molar-refractivity contribution is 0.281. The van der Waals surface area contributed by atoms with Gasteiger partial charge in [0.05, 0.1) is 11.6 Å². The van der Waals surface area contributed by atoms with Gasteiger partial charge in [0.1, 0.15) is 4.90 Å². The molecule has 0 bridgehead atoms. The maximum atomic E-state index is 12.7. The number of nitrogens with zero attached hydrogens (tertiary/aromatic N) is 1. The van der Waals surface area contributed by atoms with Gasteiger partial charge in [0.25, 0.3) is 0 Å². The SMILES string of the molecule is CCC1CN(S(=O)(=O)c2cc(CO)ccc2Cl)CCS1. The maximum absolute atomic E-state index is 12.7. The lowest BCUT2D eigenvalue weighted by Crippen LogP contribution is -2.41. The molecular weight excluding hydrogens is 318 g/mol. The van der Waals surface area contributed by atoms with Gasteiger partial charge < -0.3 is 5.11 Å². The van der Waals surface area contributed by atoms with Gasteiger partial charge in [-0.2, -0.15) is 16.1 Å². The Labute approximate surface area is 129 Å². The van der Waals surface area contributed by atoms with Crippen molar-refractivity contribution in [1.82, 2.24) is 4.31 Å². The summed E-state index contributed by atoms with van der Waals surface area (Å²) in [4.78, 5) is 0.0902. The Kier molecular flexibility index (Phi) is 5.36. The number of sulfonamides is 1. The molecule has 2 rings (SSSR count). The third-order valence-corrected chi connectivity index (χ3v) is 7.07. The minimum Gasteiger partial charge on any atom is -0.392 e. The van der Waals surface area contributed by atoms with E-state index in [1.807, 2.05) is 11.8 Å². The Hall–Kier alpha value is -0.270. The van der Waals surface area contributed by atoms with Gasteiger partial charge in [-0.05, 0) is 24.1 Å². The van der Waals surface area contributed by atoms with Crippen molar-refractivity contribution in [3.8, 4) is 0 Å². The number of hydrogen-bond donors (Lipinski definition) is 1. The third-order valence-electron chi connectivity index (χ3n) is 3.35. The van der Waals surface area contributed by atoms with E-state index in [2.05, 4.69) is 6.92 Å². The standard InChI is InChI=1S/C13H18ClNO3S2/c1-2-11-8-15(5-6-19-11)20(17,18)13-7-10(9-16)3-4-12(13)14/h3-4,7,11,16H,2,5-6,8-9H2,1H3. The van der Waals surface area contributed by atoms with Crippen molar-refractivity contribution in [2.45, 2.75) is 30.1 Å². The average molecular weight is 336 g/mol. The zero-order valence-electron chi connectivity index (χ0n) is 11.3. The number of rotatable bonds is 4. The zero-order valence-corrected chi connectivity index (χ0v) is 13.6. The highest BCUT2D eigenvalue weighted by atomic mass is 35.5. The summed E-state index contributed by atoms with van der Waals surface area (Å²) in [6.45, 7) is 2.88. The smallest absolute Gasteiger partial charge is 0.244 e. The topological polar surface area (TPSA) is 57.6 Å². The molecule has 1 fully saturated rings. The lowest BCUT2D eigenvalue weighted by Gasteiger charge is -2.31. The van der Waals surface area contributed by atoms with E-state index in [1.165, 1.54) is 16.4 Å². The van der Waals surface area contributed by atoms with Crippen LogP contribution in [0.25, 0.3) is 0 Å². The van der Waals surface area contributed by atoms with Gasteiger partial charge in [-0.1, -0.05) is 24.6 Å². The predicted molar refractivity (Wildman–Crippen MR) is 82.7 cm³/mol. The molecule has 4 nitrogen and oxygen atoms in total. The van der Waals surface area contributed by atoms with Crippen LogP contribution in [0, 0.1) is 0 Å². The fourth-order valence-electron chi connectivity index (χ4n) is 2.14. The summed E-state index contributed by atoms with van der Waals surface area (Å²) in [5, 5.41) is 9.69. The molecule has 1 aromatic carbocycles. The lowest BCUT2D eigenvalue weighted by atomic mass is 10.2. The molecule has 0 aromatic heterocycles. The second kappa shape index (κ2) is 6.66. The van der Waals surface area contributed by atoms with E-state index in [0.29, 0.717) is 23.9 Å². The molecule has 1 heterocycles. The molecule has 1 N–H and O–H groups in total. The molecule has 0 saturated carbocycles. The van der Waals surface area contributed by atoms with Gasteiger partial charge >= 0.3 is 0 Å². The van der Waals surface area contributed by atoms with Gasteiger partial charge in [0.2, 0.25) is 10.0 Å². The van der Waals surface area contributed by atoms with Crippen molar-refractivity contribution < 1.29 is 13.5 Å². The van der Waals surface area contributed by atoms with E-state index in [9.17, 15) is 8.42 Å². The summed E-state index contributed by atoms with van der Waals surface area (Å²) in [6.07, 6.45) is 0.946. The second-order valence-electron chi connectivity index (χ2n) is 4.69. The maximum Gasteiger partial charge on any atom is 0.244 e. The average Bonchev–Trinajstić information content (AvgIpc) is 2.47. The summed E-state index contributed by atoms with van der Waals surface area (Å²) in [7, 11) is -3.59. The molecule has 0 amide bonds. The van der Waals surface area contributed by atoms with Crippen LogP contribution in [0.3, 0.4) is 0 Å². The molecule has 1 saturated heterocycles. The van der Waals surface area contributed by atoms with Crippen LogP contribution in [0.4, 0.5) is 0 Å². The van der Waals surface area contributed by atoms with Gasteiger partial charge in [0, 0.05) is 24.1 Å². The Bertz CT molecular complexity index is 577. The molecule has 1 aliphatic rings. The van der Waals surface area contributed by atoms with Crippen LogP contribution in [0.15, 0.2) is 23.1 Å². The Morgan fingerprint density at radius 2 is 2.25 bits per heavy atom. The van der Waals surface area contributed by atoms with E-state index in [1.54, 1.807) is 6.07 Å². The van der Waals surface area contributed by atoms with Crippen LogP contribution in [0.2, 0.25) is 5.02 Å². The number of thioether (sulfide) groups is 1. The first-order chi connectivity index (χ1) is 9.48. The van der Waals surface area contributed by atoms with Crippen LogP contribution in [-0.4, -0.2) is 41.9 Å². The summed E-state index contributed by atoms with van der Waals surface area (Å²) in [5.41, 5.74) is 0.548. The van der Waals surface area contributed by atoms with Crippen LogP contribution < -0.4 is 0 Å². The second-order valence-corrected chi connectivity index (χ2v) is 8.41. The third kappa shape index (κ3) is 3.31. The first-order valence-corrected chi connectivity index (χ1v) is 9.36. The molecule has 20 heavy (non-hydrogen) atoms. The predicted octanol–water partition coefficient (Wildman–Crippen LogP) is 2.35. The number of aliphatic hydroxyl groups excluding tert-OH is 1. The summed E-state index contributed by atoms with van der Waals surface area (Å²) in [5.74, 6) is 0.801. The van der Waals surface area contributed by atoms with Crippen molar-refractivity contribution in [2.75, 3.05) is 18.8 Å². The van der Waals surface area contributed by atoms with Gasteiger partial charge in [0.15, 0.2) is 0 Å². The van der Waals surface area contributed by atoms with E-state index in [-0.39, 0.29) is 16.5 Å². The minimum absolute atomic E-state index is 0.0902. The highest BCUT2D eigenvalue weighted by molar-refractivity contribution is 8.00. The normalized spacial score (nSPS) is 21.1. The first-order valence-electron chi connectivity index (χ1n) is 6.50. The molecule has 1 atom stereocenters. The highest BCUT2D eigenvalue weighted by Gasteiger charge is 2.31. The quantitative estimate of drug-likeness (QED) is 0.917. The summed E-state index contributed by atoms with van der Waals surface area (Å²) in [6, 6.07) is 4.61. The number of benzene rings is 1. The Balaban J connectivity index is 2.34. The van der Waals surface area contributed by atoms with Crippen molar-refractivity contribution >= 4 is 33.4 Å². The molecule has 0 radical (unpaired) electrons. The fourth-order valence-corrected chi connectivity index (χ4v) is 5.54. The molecule has 1 aromatic rings. The van der Waals surface area contributed by atoms with E-state index in [4.69, 9.17) is 16.7 Å². The van der Waals surface area contributed by atoms with Crippen LogP contribution >= 0.6 is 23.4 Å². The van der Waals surface area contributed by atoms with E-state index < -0.39 is 10.0 Å². The monoisotopic (exact) mass is 335 g/mol. The molecule has 0 aliphatic carbocycles. The van der Waals surface area contributed by atoms with Crippen molar-refractivity contribution in [3.63, 3.8) is 0 Å². The molecule has 1 aliphatic heterocycles. The highest BCUT2D eigenvalue weighted by Crippen LogP contribution is 2.30. The van der Waals surface area contributed by atoms with E-state index in [0.717, 1.165) is 12.2 Å². The van der Waals surface area contributed by atoms with Crippen molar-refractivity contribution in [3.05, 3.63) is 28.8 Å². The minimum atomic E-state index is -3.59.